The lowest BCUT2D eigenvalue weighted by molar-refractivity contribution is -0.146. The molecule has 1 aromatic rings. The van der Waals surface area contributed by atoms with Gasteiger partial charge in [-0.05, 0) is 20.8 Å². The second-order valence-electron chi connectivity index (χ2n) is 4.82. The van der Waals surface area contributed by atoms with Gasteiger partial charge in [0.15, 0.2) is 0 Å². The Bertz CT molecular complexity index is 458. The van der Waals surface area contributed by atoms with Gasteiger partial charge in [-0.1, -0.05) is 0 Å². The van der Waals surface area contributed by atoms with Gasteiger partial charge < -0.3 is 10.4 Å². The van der Waals surface area contributed by atoms with Crippen molar-refractivity contribution in [2.75, 3.05) is 12.3 Å². The average Bonchev–Trinajstić information content (AvgIpc) is 2.72. The maximum Gasteiger partial charge on any atom is 0.310 e. The summed E-state index contributed by atoms with van der Waals surface area (Å²) in [6.45, 7) is 5.25. The first kappa shape index (κ1) is 16.0. The fraction of sp³-hybridized carbons (Fsp3) is 0.583. The Morgan fingerprint density at radius 2 is 2.21 bits per heavy atom. The number of hydrogen-bond donors (Lipinski definition) is 2. The molecule has 0 aliphatic rings. The number of carboxylic acid groups (broad SMARTS) is 1. The van der Waals surface area contributed by atoms with Crippen molar-refractivity contribution >= 4 is 35.0 Å². The summed E-state index contributed by atoms with van der Waals surface area (Å²) < 4.78 is 0. The fourth-order valence-corrected chi connectivity index (χ4v) is 2.63. The molecule has 0 saturated carbocycles. The molecule has 106 valence electrons. The molecular formula is C12H18N2O3S2. The summed E-state index contributed by atoms with van der Waals surface area (Å²) in [5.74, 6) is -0.0588. The lowest BCUT2D eigenvalue weighted by Crippen LogP contribution is -2.39. The van der Waals surface area contributed by atoms with E-state index in [1.54, 1.807) is 25.2 Å². The van der Waals surface area contributed by atoms with Crippen LogP contribution in [0.25, 0.3) is 0 Å². The number of hydrogen-bond acceptors (Lipinski definition) is 5. The van der Waals surface area contributed by atoms with E-state index < -0.39 is 11.4 Å². The minimum Gasteiger partial charge on any atom is -0.481 e. The highest BCUT2D eigenvalue weighted by atomic mass is 32.2. The maximum atomic E-state index is 11.6. The number of nitrogens with one attached hydrogen (secondary N) is 1. The molecule has 0 spiro atoms. The highest BCUT2D eigenvalue weighted by molar-refractivity contribution is 7.99. The predicted molar refractivity (Wildman–Crippen MR) is 77.4 cm³/mol. The van der Waals surface area contributed by atoms with Crippen LogP contribution >= 0.6 is 23.1 Å². The standard InChI is InChI=1S/C12H18N2O3S2/c1-8-14-9(5-19-8)4-18-6-10(15)13-7-12(2,3)11(16)17/h5H,4,6-7H2,1-3H3,(H,13,15)(H,16,17). The second-order valence-corrected chi connectivity index (χ2v) is 6.86. The predicted octanol–water partition coefficient (Wildman–Crippen LogP) is 1.91. The molecule has 2 N–H and O–H groups in total. The molecule has 1 heterocycles. The Balaban J connectivity index is 2.23. The number of carbonyl (C=O) groups is 2. The summed E-state index contributed by atoms with van der Waals surface area (Å²) in [6.07, 6.45) is 0. The maximum absolute atomic E-state index is 11.6. The summed E-state index contributed by atoms with van der Waals surface area (Å²) in [6, 6.07) is 0. The number of carbonyl (C=O) groups excluding carboxylic acids is 1. The molecule has 1 aromatic heterocycles. The molecule has 0 atom stereocenters. The van der Waals surface area contributed by atoms with Gasteiger partial charge in [0.2, 0.25) is 5.91 Å². The number of rotatable bonds is 7. The van der Waals surface area contributed by atoms with Crippen LogP contribution in [-0.2, 0) is 15.3 Å². The number of amides is 1. The van der Waals surface area contributed by atoms with E-state index in [0.717, 1.165) is 10.7 Å². The van der Waals surface area contributed by atoms with E-state index in [4.69, 9.17) is 5.11 Å². The Labute approximate surface area is 120 Å². The van der Waals surface area contributed by atoms with Crippen LogP contribution in [0.3, 0.4) is 0 Å². The number of thiazole rings is 1. The molecule has 7 heteroatoms. The van der Waals surface area contributed by atoms with Crippen molar-refractivity contribution in [1.82, 2.24) is 10.3 Å². The van der Waals surface area contributed by atoms with Crippen LogP contribution in [0.5, 0.6) is 0 Å². The zero-order valence-corrected chi connectivity index (χ0v) is 12.9. The van der Waals surface area contributed by atoms with Crippen LogP contribution < -0.4 is 5.32 Å². The van der Waals surface area contributed by atoms with Gasteiger partial charge in [-0.2, -0.15) is 0 Å². The molecule has 0 saturated heterocycles. The molecule has 0 fully saturated rings. The number of thioether (sulfide) groups is 1. The molecule has 1 rings (SSSR count). The third-order valence-electron chi connectivity index (χ3n) is 2.46. The Morgan fingerprint density at radius 1 is 1.53 bits per heavy atom. The molecule has 0 aliphatic heterocycles. The average molecular weight is 302 g/mol. The highest BCUT2D eigenvalue weighted by Crippen LogP contribution is 2.16. The van der Waals surface area contributed by atoms with Gasteiger partial charge in [0.05, 0.1) is 21.9 Å². The van der Waals surface area contributed by atoms with Crippen molar-refractivity contribution in [3.05, 3.63) is 16.1 Å². The van der Waals surface area contributed by atoms with E-state index in [-0.39, 0.29) is 12.5 Å². The van der Waals surface area contributed by atoms with Crippen LogP contribution in [0, 0.1) is 12.3 Å². The minimum atomic E-state index is -0.938. The summed E-state index contributed by atoms with van der Waals surface area (Å²) >= 11 is 3.06. The number of carboxylic acids is 1. The summed E-state index contributed by atoms with van der Waals surface area (Å²) in [5, 5.41) is 14.6. The van der Waals surface area contributed by atoms with Crippen molar-refractivity contribution in [3.8, 4) is 0 Å². The van der Waals surface area contributed by atoms with Gasteiger partial charge >= 0.3 is 5.97 Å². The summed E-state index contributed by atoms with van der Waals surface area (Å²) in [4.78, 5) is 26.7. The van der Waals surface area contributed by atoms with Crippen LogP contribution in [-0.4, -0.2) is 34.3 Å². The Morgan fingerprint density at radius 3 is 2.74 bits per heavy atom. The van der Waals surface area contributed by atoms with Crippen LogP contribution in [0.4, 0.5) is 0 Å². The van der Waals surface area contributed by atoms with Gasteiger partial charge in [-0.25, -0.2) is 4.98 Å². The number of aryl methyl sites for hydroxylation is 1. The van der Waals surface area contributed by atoms with Gasteiger partial charge in [-0.3, -0.25) is 9.59 Å². The normalized spacial score (nSPS) is 11.3. The van der Waals surface area contributed by atoms with Crippen LogP contribution in [0.2, 0.25) is 0 Å². The van der Waals surface area contributed by atoms with Crippen molar-refractivity contribution in [2.45, 2.75) is 26.5 Å². The number of aromatic nitrogens is 1. The Kier molecular flexibility index (Phi) is 5.81. The first-order chi connectivity index (χ1) is 8.81. The largest absolute Gasteiger partial charge is 0.481 e. The van der Waals surface area contributed by atoms with Crippen LogP contribution in [0.15, 0.2) is 5.38 Å². The quantitative estimate of drug-likeness (QED) is 0.804. The SMILES string of the molecule is Cc1nc(CSCC(=O)NCC(C)(C)C(=O)O)cs1. The molecule has 0 aromatic carbocycles. The monoisotopic (exact) mass is 302 g/mol. The first-order valence-electron chi connectivity index (χ1n) is 5.80. The lowest BCUT2D eigenvalue weighted by Gasteiger charge is -2.19. The first-order valence-corrected chi connectivity index (χ1v) is 7.83. The van der Waals surface area contributed by atoms with E-state index >= 15 is 0 Å². The van der Waals surface area contributed by atoms with Gasteiger partial charge in [-0.15, -0.1) is 23.1 Å². The zero-order chi connectivity index (χ0) is 14.5. The molecule has 19 heavy (non-hydrogen) atoms. The third kappa shape index (κ3) is 5.61. The lowest BCUT2D eigenvalue weighted by atomic mass is 9.94. The van der Waals surface area contributed by atoms with E-state index in [0.29, 0.717) is 11.5 Å². The smallest absolute Gasteiger partial charge is 0.310 e. The number of aliphatic carboxylic acids is 1. The molecule has 0 aliphatic carbocycles. The molecule has 0 unspecified atom stereocenters. The molecule has 5 nitrogen and oxygen atoms in total. The van der Waals surface area contributed by atoms with Gasteiger partial charge in [0.1, 0.15) is 0 Å². The zero-order valence-electron chi connectivity index (χ0n) is 11.2. The van der Waals surface area contributed by atoms with Gasteiger partial charge in [0, 0.05) is 17.7 Å². The second kappa shape index (κ2) is 6.91. The number of nitrogens with zero attached hydrogens (tertiary/aromatic N) is 1. The van der Waals surface area contributed by atoms with Crippen molar-refractivity contribution in [1.29, 1.82) is 0 Å². The minimum absolute atomic E-state index is 0.136. The Hall–Kier alpha value is -1.08. The van der Waals surface area contributed by atoms with Crippen LogP contribution in [0.1, 0.15) is 24.5 Å². The summed E-state index contributed by atoms with van der Waals surface area (Å²) in [5.41, 5.74) is 0.0398. The van der Waals surface area contributed by atoms with Gasteiger partial charge in [0.25, 0.3) is 0 Å². The van der Waals surface area contributed by atoms with Crippen molar-refractivity contribution in [2.24, 2.45) is 5.41 Å². The van der Waals surface area contributed by atoms with E-state index in [2.05, 4.69) is 10.3 Å². The van der Waals surface area contributed by atoms with E-state index in [1.165, 1.54) is 11.8 Å². The highest BCUT2D eigenvalue weighted by Gasteiger charge is 2.27. The third-order valence-corrected chi connectivity index (χ3v) is 4.24. The van der Waals surface area contributed by atoms with E-state index in [9.17, 15) is 9.59 Å². The van der Waals surface area contributed by atoms with Crippen molar-refractivity contribution in [3.63, 3.8) is 0 Å². The molecule has 0 bridgehead atoms. The fourth-order valence-electron chi connectivity index (χ4n) is 1.17. The molecule has 0 radical (unpaired) electrons. The topological polar surface area (TPSA) is 79.3 Å². The summed E-state index contributed by atoms with van der Waals surface area (Å²) in [7, 11) is 0. The van der Waals surface area contributed by atoms with E-state index in [1.807, 2.05) is 12.3 Å². The molecular weight excluding hydrogens is 284 g/mol. The molecule has 1 amide bonds. The van der Waals surface area contributed by atoms with Crippen molar-refractivity contribution < 1.29 is 14.7 Å².